The van der Waals surface area contributed by atoms with Gasteiger partial charge in [-0.2, -0.15) is 0 Å². The summed E-state index contributed by atoms with van der Waals surface area (Å²) in [6.07, 6.45) is 0. The molecule has 7 heteroatoms. The van der Waals surface area contributed by atoms with Crippen LogP contribution in [-0.4, -0.2) is 10.4 Å². The van der Waals surface area contributed by atoms with Crippen LogP contribution in [-0.2, 0) is 0 Å². The fourth-order valence-electron chi connectivity index (χ4n) is 0.696. The highest BCUT2D eigenvalue weighted by Crippen LogP contribution is 2.19. The second-order valence-corrected chi connectivity index (χ2v) is 2.14. The molecule has 0 unspecified atom stereocenters. The van der Waals surface area contributed by atoms with E-state index in [0.29, 0.717) is 11.4 Å². The molecule has 0 bridgehead atoms. The number of nitro groups is 1. The monoisotopic (exact) mass is 251 g/mol. The molecule has 0 radical (unpaired) electrons. The van der Waals surface area contributed by atoms with Crippen LogP contribution < -0.4 is 28.4 Å². The molecule has 0 amide bonds. The number of nitrogens with zero attached hydrogens (tertiary/aromatic N) is 1. The van der Waals surface area contributed by atoms with Gasteiger partial charge in [-0.25, -0.2) is 0 Å². The van der Waals surface area contributed by atoms with Gasteiger partial charge in [0.05, 0.1) is 4.92 Å². The maximum Gasteiger partial charge on any atom is 0.271 e. The molecule has 7 N–H and O–H groups in total. The molecule has 0 aliphatic carbocycles. The standard InChI is InChI=1S/C6H7N3O2.BrH.H2O/c7-5-2-1-4(9(10)11)3-6(5)8;;/h1-3H,7-8H2;1H;1H2. The van der Waals surface area contributed by atoms with Gasteiger partial charge in [-0.1, -0.05) is 0 Å². The third-order valence-corrected chi connectivity index (χ3v) is 1.34. The highest BCUT2D eigenvalue weighted by molar-refractivity contribution is 5.61. The van der Waals surface area contributed by atoms with Crippen LogP contribution in [0, 0.1) is 10.1 Å². The van der Waals surface area contributed by atoms with Crippen molar-refractivity contribution >= 4 is 17.1 Å². The second-order valence-electron chi connectivity index (χ2n) is 2.14. The van der Waals surface area contributed by atoms with Crippen LogP contribution in [0.5, 0.6) is 0 Å². The quantitative estimate of drug-likeness (QED) is 0.302. The topological polar surface area (TPSA) is 128 Å². The molecule has 1 rings (SSSR count). The number of nitrogen functional groups attached to an aromatic ring is 1. The SMILES string of the molecule is Nc1cc([N+](=O)[O-])ccc1[NH3+].O.[Br-]. The van der Waals surface area contributed by atoms with Gasteiger partial charge in [0.1, 0.15) is 5.69 Å². The summed E-state index contributed by atoms with van der Waals surface area (Å²) in [4.78, 5) is 9.70. The summed E-state index contributed by atoms with van der Waals surface area (Å²) in [7, 11) is 0. The molecule has 0 atom stereocenters. The van der Waals surface area contributed by atoms with Crippen LogP contribution in [0.4, 0.5) is 17.1 Å². The van der Waals surface area contributed by atoms with Crippen molar-refractivity contribution in [3.8, 4) is 0 Å². The van der Waals surface area contributed by atoms with E-state index in [1.807, 2.05) is 0 Å². The fourth-order valence-corrected chi connectivity index (χ4v) is 0.696. The van der Waals surface area contributed by atoms with E-state index < -0.39 is 4.92 Å². The van der Waals surface area contributed by atoms with Crippen molar-refractivity contribution < 1.29 is 33.1 Å². The minimum atomic E-state index is -0.490. The Balaban J connectivity index is 0. The zero-order valence-electron chi connectivity index (χ0n) is 6.66. The van der Waals surface area contributed by atoms with Gasteiger partial charge in [0, 0.05) is 18.2 Å². The molecule has 0 spiro atoms. The Morgan fingerprint density at radius 3 is 2.38 bits per heavy atom. The number of halogens is 1. The van der Waals surface area contributed by atoms with Gasteiger partial charge in [0.15, 0.2) is 5.69 Å². The smallest absolute Gasteiger partial charge is 0.271 e. The Labute approximate surface area is 84.8 Å². The van der Waals surface area contributed by atoms with Crippen LogP contribution in [0.3, 0.4) is 0 Å². The number of anilines is 1. The molecule has 0 aliphatic rings. The van der Waals surface area contributed by atoms with Crippen molar-refractivity contribution in [3.63, 3.8) is 0 Å². The van der Waals surface area contributed by atoms with E-state index in [-0.39, 0.29) is 28.1 Å². The first-order valence-corrected chi connectivity index (χ1v) is 2.97. The molecule has 13 heavy (non-hydrogen) atoms. The van der Waals surface area contributed by atoms with Gasteiger partial charge in [-0.05, 0) is 0 Å². The first kappa shape index (κ1) is 14.3. The van der Waals surface area contributed by atoms with Crippen molar-refractivity contribution in [1.82, 2.24) is 0 Å². The number of non-ortho nitro benzene ring substituents is 1. The minimum absolute atomic E-state index is 0. The molecule has 0 saturated heterocycles. The molecule has 0 heterocycles. The molecule has 6 nitrogen and oxygen atoms in total. The van der Waals surface area contributed by atoms with E-state index >= 15 is 0 Å². The molecule has 0 aromatic heterocycles. The predicted octanol–water partition coefficient (Wildman–Crippen LogP) is -3.77. The van der Waals surface area contributed by atoms with Gasteiger partial charge >= 0.3 is 0 Å². The average Bonchev–Trinajstić information content (AvgIpc) is 1.94. The fraction of sp³-hybridized carbons (Fsp3) is 0. The summed E-state index contributed by atoms with van der Waals surface area (Å²) in [6, 6.07) is 4.19. The molecule has 74 valence electrons. The molecular weight excluding hydrogens is 242 g/mol. The molecular formula is C6H10BrN3O3. The van der Waals surface area contributed by atoms with E-state index in [0.717, 1.165) is 0 Å². The number of hydrogen-bond acceptors (Lipinski definition) is 3. The maximum absolute atomic E-state index is 10.2. The third-order valence-electron chi connectivity index (χ3n) is 1.34. The summed E-state index contributed by atoms with van der Waals surface area (Å²) < 4.78 is 0. The van der Waals surface area contributed by atoms with Gasteiger partial charge < -0.3 is 33.9 Å². The Morgan fingerprint density at radius 2 is 2.00 bits per heavy atom. The molecule has 1 aromatic carbocycles. The van der Waals surface area contributed by atoms with E-state index in [2.05, 4.69) is 5.73 Å². The Bertz CT molecular complexity index is 305. The van der Waals surface area contributed by atoms with Crippen molar-refractivity contribution in [1.29, 1.82) is 0 Å². The summed E-state index contributed by atoms with van der Waals surface area (Å²) >= 11 is 0. The van der Waals surface area contributed by atoms with Crippen LogP contribution in [0.2, 0.25) is 0 Å². The number of nitrogens with two attached hydrogens (primary N) is 1. The largest absolute Gasteiger partial charge is 1.00 e. The van der Waals surface area contributed by atoms with Gasteiger partial charge in [-0.3, -0.25) is 10.1 Å². The predicted molar refractivity (Wildman–Crippen MR) is 43.7 cm³/mol. The van der Waals surface area contributed by atoms with Crippen molar-refractivity contribution in [3.05, 3.63) is 28.3 Å². The Kier molecular flexibility index (Phi) is 6.03. The lowest BCUT2D eigenvalue weighted by atomic mass is 10.2. The van der Waals surface area contributed by atoms with Crippen molar-refractivity contribution in [2.24, 2.45) is 0 Å². The van der Waals surface area contributed by atoms with Crippen LogP contribution in [0.15, 0.2) is 18.2 Å². The van der Waals surface area contributed by atoms with Crippen LogP contribution >= 0.6 is 0 Å². The number of benzene rings is 1. The van der Waals surface area contributed by atoms with E-state index in [1.54, 1.807) is 0 Å². The first-order valence-electron chi connectivity index (χ1n) is 2.97. The van der Waals surface area contributed by atoms with E-state index in [4.69, 9.17) is 5.73 Å². The Hall–Kier alpha value is -1.18. The maximum atomic E-state index is 10.2. The molecule has 0 fully saturated rings. The van der Waals surface area contributed by atoms with Gasteiger partial charge in [0.2, 0.25) is 0 Å². The van der Waals surface area contributed by atoms with Crippen molar-refractivity contribution in [2.75, 3.05) is 5.73 Å². The van der Waals surface area contributed by atoms with Gasteiger partial charge in [-0.15, -0.1) is 0 Å². The molecule has 0 aliphatic heterocycles. The lowest BCUT2D eigenvalue weighted by molar-refractivity contribution is -0.385. The number of rotatable bonds is 1. The zero-order valence-corrected chi connectivity index (χ0v) is 8.24. The summed E-state index contributed by atoms with van der Waals surface area (Å²) in [5.41, 5.74) is 9.91. The summed E-state index contributed by atoms with van der Waals surface area (Å²) in [5.74, 6) is 0. The molecule has 1 aromatic rings. The van der Waals surface area contributed by atoms with E-state index in [9.17, 15) is 10.1 Å². The number of quaternary nitrogens is 1. The number of hydrogen-bond donors (Lipinski definition) is 2. The number of nitro benzene ring substituents is 1. The Morgan fingerprint density at radius 1 is 1.46 bits per heavy atom. The lowest BCUT2D eigenvalue weighted by Gasteiger charge is -1.94. The van der Waals surface area contributed by atoms with Crippen LogP contribution in [0.25, 0.3) is 0 Å². The average molecular weight is 252 g/mol. The molecule has 0 saturated carbocycles. The first-order chi connectivity index (χ1) is 5.11. The zero-order chi connectivity index (χ0) is 8.43. The third kappa shape index (κ3) is 3.36. The lowest BCUT2D eigenvalue weighted by Crippen LogP contribution is -3.00. The highest BCUT2D eigenvalue weighted by Gasteiger charge is 2.07. The second kappa shape index (κ2) is 5.46. The summed E-state index contributed by atoms with van der Waals surface area (Å²) in [6.45, 7) is 0. The highest BCUT2D eigenvalue weighted by atomic mass is 79.9. The summed E-state index contributed by atoms with van der Waals surface area (Å²) in [5, 5.41) is 10.2. The van der Waals surface area contributed by atoms with E-state index in [1.165, 1.54) is 18.2 Å². The van der Waals surface area contributed by atoms with Gasteiger partial charge in [0.25, 0.3) is 5.69 Å². The minimum Gasteiger partial charge on any atom is -1.00 e. The van der Waals surface area contributed by atoms with Crippen molar-refractivity contribution in [2.45, 2.75) is 0 Å². The van der Waals surface area contributed by atoms with Crippen LogP contribution in [0.1, 0.15) is 0 Å². The normalized spacial score (nSPS) is 8.08.